The SMILES string of the molecule is Cc1cc(/C(N)=N/O)cc(Sc2ncns2)n1. The van der Waals surface area contributed by atoms with Crippen molar-refractivity contribution in [2.24, 2.45) is 10.9 Å². The van der Waals surface area contributed by atoms with Crippen molar-refractivity contribution < 1.29 is 5.21 Å². The van der Waals surface area contributed by atoms with Crippen molar-refractivity contribution in [3.63, 3.8) is 0 Å². The van der Waals surface area contributed by atoms with Crippen molar-refractivity contribution in [2.45, 2.75) is 16.3 Å². The summed E-state index contributed by atoms with van der Waals surface area (Å²) in [6, 6.07) is 3.49. The molecule has 17 heavy (non-hydrogen) atoms. The first kappa shape index (κ1) is 11.8. The second-order valence-electron chi connectivity index (χ2n) is 3.13. The summed E-state index contributed by atoms with van der Waals surface area (Å²) in [6.45, 7) is 1.85. The standard InChI is InChI=1S/C9H9N5OS2/c1-5-2-6(8(10)14-15)3-7(13-5)16-9-11-4-12-17-9/h2-4,15H,1H3,(H2,10,14). The summed E-state index contributed by atoms with van der Waals surface area (Å²) < 4.78 is 4.71. The highest BCUT2D eigenvalue weighted by Crippen LogP contribution is 2.27. The van der Waals surface area contributed by atoms with Crippen LogP contribution in [0.25, 0.3) is 0 Å². The molecule has 0 aliphatic carbocycles. The molecule has 0 spiro atoms. The van der Waals surface area contributed by atoms with E-state index in [2.05, 4.69) is 19.5 Å². The normalized spacial score (nSPS) is 11.7. The van der Waals surface area contributed by atoms with Gasteiger partial charge in [0.15, 0.2) is 10.2 Å². The summed E-state index contributed by atoms with van der Waals surface area (Å²) in [5, 5.41) is 12.4. The molecule has 0 atom stereocenters. The van der Waals surface area contributed by atoms with Gasteiger partial charge in [-0.05, 0) is 42.4 Å². The lowest BCUT2D eigenvalue weighted by Crippen LogP contribution is -2.13. The lowest BCUT2D eigenvalue weighted by atomic mass is 10.2. The molecule has 6 nitrogen and oxygen atoms in total. The maximum atomic E-state index is 8.64. The highest BCUT2D eigenvalue weighted by Gasteiger charge is 2.07. The molecule has 8 heteroatoms. The van der Waals surface area contributed by atoms with Crippen molar-refractivity contribution in [1.29, 1.82) is 0 Å². The molecular formula is C9H9N5OS2. The van der Waals surface area contributed by atoms with E-state index in [0.29, 0.717) is 5.56 Å². The van der Waals surface area contributed by atoms with Crippen molar-refractivity contribution in [1.82, 2.24) is 14.3 Å². The molecule has 0 amide bonds. The Morgan fingerprint density at radius 3 is 3.00 bits per heavy atom. The molecule has 2 aromatic rings. The summed E-state index contributed by atoms with van der Waals surface area (Å²) >= 11 is 2.69. The van der Waals surface area contributed by atoms with Gasteiger partial charge in [-0.1, -0.05) is 5.16 Å². The quantitative estimate of drug-likeness (QED) is 0.378. The van der Waals surface area contributed by atoms with Crippen LogP contribution in [0.2, 0.25) is 0 Å². The molecule has 0 aliphatic heterocycles. The van der Waals surface area contributed by atoms with Gasteiger partial charge in [-0.15, -0.1) is 0 Å². The summed E-state index contributed by atoms with van der Waals surface area (Å²) in [5.74, 6) is 0.0645. The van der Waals surface area contributed by atoms with Gasteiger partial charge < -0.3 is 10.9 Å². The zero-order valence-corrected chi connectivity index (χ0v) is 10.5. The van der Waals surface area contributed by atoms with Crippen molar-refractivity contribution >= 4 is 29.1 Å². The number of aryl methyl sites for hydroxylation is 1. The number of pyridine rings is 1. The Labute approximate surface area is 106 Å². The number of hydrogen-bond acceptors (Lipinski definition) is 7. The highest BCUT2D eigenvalue weighted by molar-refractivity contribution is 8.00. The Morgan fingerprint density at radius 1 is 1.53 bits per heavy atom. The van der Waals surface area contributed by atoms with Crippen LogP contribution in [0.3, 0.4) is 0 Å². The zero-order chi connectivity index (χ0) is 12.3. The van der Waals surface area contributed by atoms with E-state index in [4.69, 9.17) is 10.9 Å². The second kappa shape index (κ2) is 5.11. The smallest absolute Gasteiger partial charge is 0.175 e. The van der Waals surface area contributed by atoms with E-state index in [1.54, 1.807) is 12.1 Å². The topological polar surface area (TPSA) is 97.3 Å². The summed E-state index contributed by atoms with van der Waals surface area (Å²) in [6.07, 6.45) is 1.49. The van der Waals surface area contributed by atoms with Crippen molar-refractivity contribution in [3.8, 4) is 0 Å². The van der Waals surface area contributed by atoms with Gasteiger partial charge >= 0.3 is 0 Å². The average Bonchev–Trinajstić information content (AvgIpc) is 2.80. The fourth-order valence-corrected chi connectivity index (χ4v) is 2.66. The molecule has 0 bridgehead atoms. The Bertz CT molecular complexity index is 540. The van der Waals surface area contributed by atoms with Crippen LogP contribution in [-0.4, -0.2) is 25.4 Å². The minimum Gasteiger partial charge on any atom is -0.409 e. The van der Waals surface area contributed by atoms with Crippen LogP contribution < -0.4 is 5.73 Å². The molecule has 0 unspecified atom stereocenters. The van der Waals surface area contributed by atoms with E-state index < -0.39 is 0 Å². The predicted molar refractivity (Wildman–Crippen MR) is 65.5 cm³/mol. The van der Waals surface area contributed by atoms with Crippen LogP contribution in [-0.2, 0) is 0 Å². The first-order chi connectivity index (χ1) is 8.19. The van der Waals surface area contributed by atoms with Gasteiger partial charge in [0.2, 0.25) is 0 Å². The average molecular weight is 267 g/mol. The maximum Gasteiger partial charge on any atom is 0.175 e. The Kier molecular flexibility index (Phi) is 3.55. The lowest BCUT2D eigenvalue weighted by Gasteiger charge is -2.03. The van der Waals surface area contributed by atoms with E-state index in [-0.39, 0.29) is 5.84 Å². The maximum absolute atomic E-state index is 8.64. The van der Waals surface area contributed by atoms with Gasteiger partial charge in [-0.2, -0.15) is 4.37 Å². The van der Waals surface area contributed by atoms with E-state index in [1.807, 2.05) is 6.92 Å². The summed E-state index contributed by atoms with van der Waals surface area (Å²) in [4.78, 5) is 8.39. The van der Waals surface area contributed by atoms with Crippen LogP contribution in [0.1, 0.15) is 11.3 Å². The number of nitrogens with zero attached hydrogens (tertiary/aromatic N) is 4. The minimum atomic E-state index is 0.0645. The molecule has 3 N–H and O–H groups in total. The van der Waals surface area contributed by atoms with Crippen LogP contribution in [0.15, 0.2) is 33.0 Å². The molecule has 0 aliphatic rings. The van der Waals surface area contributed by atoms with Crippen LogP contribution in [0.4, 0.5) is 0 Å². The Morgan fingerprint density at radius 2 is 2.35 bits per heavy atom. The first-order valence-corrected chi connectivity index (χ1v) is 6.19. The Balaban J connectivity index is 2.32. The van der Waals surface area contributed by atoms with Gasteiger partial charge in [-0.3, -0.25) is 0 Å². The highest BCUT2D eigenvalue weighted by atomic mass is 32.2. The monoisotopic (exact) mass is 267 g/mol. The molecule has 2 rings (SSSR count). The fourth-order valence-electron chi connectivity index (χ4n) is 1.19. The third-order valence-electron chi connectivity index (χ3n) is 1.87. The van der Waals surface area contributed by atoms with Gasteiger partial charge in [0.05, 0.1) is 0 Å². The fraction of sp³-hybridized carbons (Fsp3) is 0.111. The number of nitrogens with two attached hydrogens (primary N) is 1. The number of oxime groups is 1. The first-order valence-electron chi connectivity index (χ1n) is 4.60. The molecule has 2 heterocycles. The van der Waals surface area contributed by atoms with Crippen molar-refractivity contribution in [2.75, 3.05) is 0 Å². The van der Waals surface area contributed by atoms with Gasteiger partial charge in [-0.25, -0.2) is 9.97 Å². The van der Waals surface area contributed by atoms with Crippen molar-refractivity contribution in [3.05, 3.63) is 29.7 Å². The molecule has 2 aromatic heterocycles. The predicted octanol–water partition coefficient (Wildman–Crippen LogP) is 1.49. The second-order valence-corrected chi connectivity index (χ2v) is 5.18. The largest absolute Gasteiger partial charge is 0.409 e. The van der Waals surface area contributed by atoms with Gasteiger partial charge in [0.1, 0.15) is 11.4 Å². The molecular weight excluding hydrogens is 258 g/mol. The lowest BCUT2D eigenvalue weighted by molar-refractivity contribution is 0.318. The third-order valence-corrected chi connectivity index (χ3v) is 3.50. The summed E-state index contributed by atoms with van der Waals surface area (Å²) in [7, 11) is 0. The molecule has 0 saturated heterocycles. The summed E-state index contributed by atoms with van der Waals surface area (Å²) in [5.41, 5.74) is 6.97. The van der Waals surface area contributed by atoms with Crippen LogP contribution in [0.5, 0.6) is 0 Å². The van der Waals surface area contributed by atoms with E-state index in [9.17, 15) is 0 Å². The van der Waals surface area contributed by atoms with E-state index in [0.717, 1.165) is 15.1 Å². The van der Waals surface area contributed by atoms with Gasteiger partial charge in [0, 0.05) is 11.3 Å². The molecule has 0 aromatic carbocycles. The van der Waals surface area contributed by atoms with Crippen LogP contribution in [0, 0.1) is 6.92 Å². The van der Waals surface area contributed by atoms with Gasteiger partial charge in [0.25, 0.3) is 0 Å². The number of rotatable bonds is 3. The zero-order valence-electron chi connectivity index (χ0n) is 8.86. The van der Waals surface area contributed by atoms with E-state index >= 15 is 0 Å². The molecule has 88 valence electrons. The Hall–Kier alpha value is -1.67. The number of hydrogen-bond donors (Lipinski definition) is 2. The number of aromatic nitrogens is 3. The number of amidine groups is 1. The van der Waals surface area contributed by atoms with Crippen LogP contribution >= 0.6 is 23.3 Å². The third kappa shape index (κ3) is 2.92. The molecule has 0 fully saturated rings. The molecule has 0 radical (unpaired) electrons. The van der Waals surface area contributed by atoms with E-state index in [1.165, 1.54) is 29.6 Å². The molecule has 0 saturated carbocycles. The minimum absolute atomic E-state index is 0.0645.